The molecule has 3 nitrogen and oxygen atoms in total. The molecule has 3 atom stereocenters. The summed E-state index contributed by atoms with van der Waals surface area (Å²) in [7, 11) is 0. The smallest absolute Gasteiger partial charge is 0.321 e. The molecular weight excluding hydrogens is 166 g/mol. The molecule has 1 fully saturated rings. The van der Waals surface area contributed by atoms with Crippen LogP contribution in [-0.4, -0.2) is 34.6 Å². The summed E-state index contributed by atoms with van der Waals surface area (Å²) in [6.07, 6.45) is 2.07. The van der Waals surface area contributed by atoms with Gasteiger partial charge in [0.25, 0.3) is 0 Å². The van der Waals surface area contributed by atoms with Gasteiger partial charge >= 0.3 is 5.97 Å². The lowest BCUT2D eigenvalue weighted by atomic mass is 9.92. The van der Waals surface area contributed by atoms with Crippen LogP contribution in [-0.2, 0) is 4.79 Å². The van der Waals surface area contributed by atoms with Gasteiger partial charge in [-0.25, -0.2) is 0 Å². The van der Waals surface area contributed by atoms with Gasteiger partial charge < -0.3 is 5.11 Å². The van der Waals surface area contributed by atoms with Crippen LogP contribution in [0.1, 0.15) is 33.6 Å². The zero-order valence-corrected chi connectivity index (χ0v) is 8.66. The molecule has 0 aromatic heterocycles. The molecule has 0 aromatic carbocycles. The molecule has 3 unspecified atom stereocenters. The van der Waals surface area contributed by atoms with Gasteiger partial charge in [-0.2, -0.15) is 0 Å². The molecule has 13 heavy (non-hydrogen) atoms. The Balaban J connectivity index is 2.62. The van der Waals surface area contributed by atoms with Crippen LogP contribution >= 0.6 is 0 Å². The van der Waals surface area contributed by atoms with E-state index in [1.54, 1.807) is 0 Å². The van der Waals surface area contributed by atoms with Crippen LogP contribution in [0.4, 0.5) is 0 Å². The number of hydrogen-bond acceptors (Lipinski definition) is 2. The lowest BCUT2D eigenvalue weighted by Gasteiger charge is -2.44. The van der Waals surface area contributed by atoms with Gasteiger partial charge in [0.2, 0.25) is 0 Å². The van der Waals surface area contributed by atoms with Crippen molar-refractivity contribution in [2.45, 2.75) is 45.7 Å². The number of nitrogens with zero attached hydrogens (tertiary/aromatic N) is 1. The van der Waals surface area contributed by atoms with Crippen LogP contribution in [0, 0.1) is 5.92 Å². The molecule has 3 heteroatoms. The van der Waals surface area contributed by atoms with Gasteiger partial charge in [-0.3, -0.25) is 9.69 Å². The molecule has 0 amide bonds. The van der Waals surface area contributed by atoms with Crippen LogP contribution < -0.4 is 0 Å². The molecule has 76 valence electrons. The summed E-state index contributed by atoms with van der Waals surface area (Å²) >= 11 is 0. The predicted octanol–water partition coefficient (Wildman–Crippen LogP) is 1.58. The summed E-state index contributed by atoms with van der Waals surface area (Å²) < 4.78 is 0. The van der Waals surface area contributed by atoms with Crippen LogP contribution in [0.2, 0.25) is 0 Å². The Hall–Kier alpha value is -0.570. The lowest BCUT2D eigenvalue weighted by Crippen LogP contribution is -2.56. The maximum atomic E-state index is 11.0. The van der Waals surface area contributed by atoms with Gasteiger partial charge in [0, 0.05) is 12.6 Å². The third-order valence-corrected chi connectivity index (χ3v) is 3.16. The standard InChI is InChI=1S/C10H19NO2/c1-4-7(2)9(10(12)13)11-6-5-8(11)3/h7-9H,4-6H2,1-3H3,(H,12,13). The minimum absolute atomic E-state index is 0.250. The van der Waals surface area contributed by atoms with Crippen molar-refractivity contribution >= 4 is 5.97 Å². The normalized spacial score (nSPS) is 27.8. The fourth-order valence-electron chi connectivity index (χ4n) is 1.88. The van der Waals surface area contributed by atoms with Crippen LogP contribution in [0.3, 0.4) is 0 Å². The Morgan fingerprint density at radius 2 is 2.31 bits per heavy atom. The highest BCUT2D eigenvalue weighted by molar-refractivity contribution is 5.74. The van der Waals surface area contributed by atoms with Gasteiger partial charge in [-0.1, -0.05) is 20.3 Å². The molecule has 1 heterocycles. The minimum atomic E-state index is -0.666. The van der Waals surface area contributed by atoms with Gasteiger partial charge in [0.15, 0.2) is 0 Å². The summed E-state index contributed by atoms with van der Waals surface area (Å²) in [4.78, 5) is 13.1. The number of carboxylic acids is 1. The van der Waals surface area contributed by atoms with E-state index in [4.69, 9.17) is 5.11 Å². The number of likely N-dealkylation sites (tertiary alicyclic amines) is 1. The SMILES string of the molecule is CCC(C)C(C(=O)O)N1CCC1C. The minimum Gasteiger partial charge on any atom is -0.480 e. The highest BCUT2D eigenvalue weighted by Crippen LogP contribution is 2.25. The van der Waals surface area contributed by atoms with Crippen molar-refractivity contribution in [1.82, 2.24) is 4.90 Å². The third kappa shape index (κ3) is 2.02. The highest BCUT2D eigenvalue weighted by atomic mass is 16.4. The highest BCUT2D eigenvalue weighted by Gasteiger charge is 2.37. The first-order valence-corrected chi connectivity index (χ1v) is 5.06. The monoisotopic (exact) mass is 185 g/mol. The average Bonchev–Trinajstić information content (AvgIpc) is 2.09. The number of aliphatic carboxylic acids is 1. The van der Waals surface area contributed by atoms with E-state index in [2.05, 4.69) is 11.8 Å². The number of hydrogen-bond donors (Lipinski definition) is 1. The van der Waals surface area contributed by atoms with Gasteiger partial charge in [-0.05, 0) is 19.3 Å². The van der Waals surface area contributed by atoms with Gasteiger partial charge in [-0.15, -0.1) is 0 Å². The molecule has 0 aromatic rings. The molecule has 0 aliphatic carbocycles. The molecule has 0 radical (unpaired) electrons. The fourth-order valence-corrected chi connectivity index (χ4v) is 1.88. The average molecular weight is 185 g/mol. The van der Waals surface area contributed by atoms with Crippen molar-refractivity contribution in [3.63, 3.8) is 0 Å². The van der Waals surface area contributed by atoms with Crippen LogP contribution in [0.15, 0.2) is 0 Å². The van der Waals surface area contributed by atoms with Crippen LogP contribution in [0.25, 0.3) is 0 Å². The molecular formula is C10H19NO2. The molecule has 1 saturated heterocycles. The first-order valence-electron chi connectivity index (χ1n) is 5.06. The van der Waals surface area contributed by atoms with E-state index in [9.17, 15) is 4.79 Å². The molecule has 0 bridgehead atoms. The molecule has 1 N–H and O–H groups in total. The quantitative estimate of drug-likeness (QED) is 0.723. The lowest BCUT2D eigenvalue weighted by molar-refractivity contribution is -0.149. The topological polar surface area (TPSA) is 40.5 Å². The summed E-state index contributed by atoms with van der Waals surface area (Å²) in [6.45, 7) is 7.11. The Bertz CT molecular complexity index is 193. The molecule has 1 aliphatic heterocycles. The first kappa shape index (κ1) is 10.5. The zero-order chi connectivity index (χ0) is 10.0. The second-order valence-electron chi connectivity index (χ2n) is 4.04. The third-order valence-electron chi connectivity index (χ3n) is 3.16. The van der Waals surface area contributed by atoms with E-state index in [-0.39, 0.29) is 12.0 Å². The Kier molecular flexibility index (Phi) is 3.31. The molecule has 1 rings (SSSR count). The van der Waals surface area contributed by atoms with Crippen molar-refractivity contribution in [2.75, 3.05) is 6.54 Å². The van der Waals surface area contributed by atoms with E-state index in [0.717, 1.165) is 19.4 Å². The van der Waals surface area contributed by atoms with Crippen molar-refractivity contribution in [3.05, 3.63) is 0 Å². The Morgan fingerprint density at radius 3 is 2.54 bits per heavy atom. The maximum Gasteiger partial charge on any atom is 0.321 e. The van der Waals surface area contributed by atoms with Gasteiger partial charge in [0.1, 0.15) is 6.04 Å². The molecule has 1 aliphatic rings. The number of carboxylic acid groups (broad SMARTS) is 1. The first-order chi connectivity index (χ1) is 6.07. The van der Waals surface area contributed by atoms with E-state index < -0.39 is 5.97 Å². The fraction of sp³-hybridized carbons (Fsp3) is 0.900. The van der Waals surface area contributed by atoms with Gasteiger partial charge in [0.05, 0.1) is 0 Å². The molecule has 0 saturated carbocycles. The Morgan fingerprint density at radius 1 is 1.69 bits per heavy atom. The number of rotatable bonds is 4. The largest absolute Gasteiger partial charge is 0.480 e. The molecule has 0 spiro atoms. The second-order valence-corrected chi connectivity index (χ2v) is 4.04. The summed E-state index contributed by atoms with van der Waals surface area (Å²) in [5.41, 5.74) is 0. The van der Waals surface area contributed by atoms with Crippen molar-refractivity contribution in [1.29, 1.82) is 0 Å². The summed E-state index contributed by atoms with van der Waals surface area (Å²) in [5.74, 6) is -0.416. The number of carbonyl (C=O) groups is 1. The maximum absolute atomic E-state index is 11.0. The van der Waals surface area contributed by atoms with E-state index >= 15 is 0 Å². The van der Waals surface area contributed by atoms with Crippen molar-refractivity contribution in [3.8, 4) is 0 Å². The Labute approximate surface area is 79.7 Å². The zero-order valence-electron chi connectivity index (χ0n) is 8.66. The second kappa shape index (κ2) is 4.09. The van der Waals surface area contributed by atoms with Crippen molar-refractivity contribution in [2.24, 2.45) is 5.92 Å². The predicted molar refractivity (Wildman–Crippen MR) is 51.7 cm³/mol. The summed E-state index contributed by atoms with van der Waals surface area (Å²) in [6, 6.07) is 0.184. The van der Waals surface area contributed by atoms with E-state index in [0.29, 0.717) is 6.04 Å². The van der Waals surface area contributed by atoms with E-state index in [1.165, 1.54) is 0 Å². The van der Waals surface area contributed by atoms with Crippen LogP contribution in [0.5, 0.6) is 0 Å². The van der Waals surface area contributed by atoms with E-state index in [1.807, 2.05) is 13.8 Å². The summed E-state index contributed by atoms with van der Waals surface area (Å²) in [5, 5.41) is 9.09. The van der Waals surface area contributed by atoms with Crippen molar-refractivity contribution < 1.29 is 9.90 Å².